The molecule has 0 saturated carbocycles. The molecule has 0 saturated heterocycles. The number of hydrogen-bond acceptors (Lipinski definition) is 5. The van der Waals surface area contributed by atoms with Gasteiger partial charge in [-0.3, -0.25) is 0 Å². The van der Waals surface area contributed by atoms with Crippen LogP contribution in [0.3, 0.4) is 0 Å². The molecule has 1 heterocycles. The topological polar surface area (TPSA) is 86.7 Å². The first-order chi connectivity index (χ1) is 10.6. The van der Waals surface area contributed by atoms with E-state index in [2.05, 4.69) is 5.16 Å². The van der Waals surface area contributed by atoms with Crippen LogP contribution in [-0.4, -0.2) is 20.5 Å². The Morgan fingerprint density at radius 2 is 1.68 bits per heavy atom. The number of nitrogens with zero attached hydrogens (tertiary/aromatic N) is 1. The molecular formula is C17H15NO4. The highest BCUT2D eigenvalue weighted by molar-refractivity contribution is 5.82. The average Bonchev–Trinajstić information content (AvgIpc) is 2.97. The summed E-state index contributed by atoms with van der Waals surface area (Å²) in [5.74, 6) is 0.557. The number of benzene rings is 2. The SMILES string of the molecule is CCc1cc(-c2oncc2-c2ccc(O)cc2)c(O)cc1O. The zero-order valence-corrected chi connectivity index (χ0v) is 11.9. The zero-order valence-electron chi connectivity index (χ0n) is 11.9. The molecule has 5 nitrogen and oxygen atoms in total. The Morgan fingerprint density at radius 3 is 2.36 bits per heavy atom. The highest BCUT2D eigenvalue weighted by atomic mass is 16.5. The number of hydrogen-bond donors (Lipinski definition) is 3. The Kier molecular flexibility index (Phi) is 3.47. The zero-order chi connectivity index (χ0) is 15.7. The van der Waals surface area contributed by atoms with Gasteiger partial charge in [0, 0.05) is 11.6 Å². The highest BCUT2D eigenvalue weighted by Gasteiger charge is 2.18. The summed E-state index contributed by atoms with van der Waals surface area (Å²) in [4.78, 5) is 0. The normalized spacial score (nSPS) is 10.8. The van der Waals surface area contributed by atoms with Crippen molar-refractivity contribution >= 4 is 0 Å². The summed E-state index contributed by atoms with van der Waals surface area (Å²) in [5, 5.41) is 33.1. The van der Waals surface area contributed by atoms with Gasteiger partial charge in [0.15, 0.2) is 5.76 Å². The predicted molar refractivity (Wildman–Crippen MR) is 81.7 cm³/mol. The molecule has 3 N–H and O–H groups in total. The minimum Gasteiger partial charge on any atom is -0.508 e. The van der Waals surface area contributed by atoms with Crippen molar-refractivity contribution in [2.24, 2.45) is 0 Å². The molecule has 0 radical (unpaired) electrons. The Bertz CT molecular complexity index is 806. The summed E-state index contributed by atoms with van der Waals surface area (Å²) in [6.45, 7) is 1.91. The molecule has 2 aromatic carbocycles. The van der Waals surface area contributed by atoms with Crippen molar-refractivity contribution in [2.75, 3.05) is 0 Å². The van der Waals surface area contributed by atoms with Gasteiger partial charge in [0.25, 0.3) is 0 Å². The maximum absolute atomic E-state index is 10.1. The minimum absolute atomic E-state index is 0.0504. The van der Waals surface area contributed by atoms with Gasteiger partial charge in [0.1, 0.15) is 17.2 Å². The molecule has 0 atom stereocenters. The van der Waals surface area contributed by atoms with E-state index in [0.717, 1.165) is 5.56 Å². The van der Waals surface area contributed by atoms with Crippen molar-refractivity contribution in [2.45, 2.75) is 13.3 Å². The molecule has 112 valence electrons. The van der Waals surface area contributed by atoms with E-state index in [-0.39, 0.29) is 17.2 Å². The molecule has 3 rings (SSSR count). The second kappa shape index (κ2) is 5.44. The van der Waals surface area contributed by atoms with Gasteiger partial charge in [-0.2, -0.15) is 0 Å². The Hall–Kier alpha value is -2.95. The average molecular weight is 297 g/mol. The van der Waals surface area contributed by atoms with Gasteiger partial charge < -0.3 is 19.8 Å². The van der Waals surface area contributed by atoms with E-state index >= 15 is 0 Å². The second-order valence-corrected chi connectivity index (χ2v) is 4.97. The fourth-order valence-electron chi connectivity index (χ4n) is 2.37. The molecule has 5 heteroatoms. The number of phenols is 3. The molecule has 0 amide bonds. The Morgan fingerprint density at radius 1 is 0.955 bits per heavy atom. The summed E-state index contributed by atoms with van der Waals surface area (Å²) in [7, 11) is 0. The second-order valence-electron chi connectivity index (χ2n) is 4.97. The lowest BCUT2D eigenvalue weighted by molar-refractivity contribution is 0.423. The number of aromatic hydroxyl groups is 3. The van der Waals surface area contributed by atoms with E-state index in [1.807, 2.05) is 6.92 Å². The quantitative estimate of drug-likeness (QED) is 0.686. The molecule has 0 aliphatic heterocycles. The van der Waals surface area contributed by atoms with Crippen LogP contribution < -0.4 is 0 Å². The van der Waals surface area contributed by atoms with E-state index in [1.165, 1.54) is 6.07 Å². The van der Waals surface area contributed by atoms with Crippen LogP contribution >= 0.6 is 0 Å². The first kappa shape index (κ1) is 14.0. The van der Waals surface area contributed by atoms with Gasteiger partial charge in [0.05, 0.1) is 11.8 Å². The van der Waals surface area contributed by atoms with Crippen LogP contribution in [-0.2, 0) is 6.42 Å². The van der Waals surface area contributed by atoms with E-state index < -0.39 is 0 Å². The van der Waals surface area contributed by atoms with Crippen molar-refractivity contribution < 1.29 is 19.8 Å². The van der Waals surface area contributed by atoms with Crippen LogP contribution in [0.1, 0.15) is 12.5 Å². The van der Waals surface area contributed by atoms with Gasteiger partial charge in [0.2, 0.25) is 0 Å². The van der Waals surface area contributed by atoms with Gasteiger partial charge in [-0.1, -0.05) is 24.2 Å². The van der Waals surface area contributed by atoms with Crippen LogP contribution in [0.25, 0.3) is 22.5 Å². The first-order valence-corrected chi connectivity index (χ1v) is 6.89. The summed E-state index contributed by atoms with van der Waals surface area (Å²) in [5.41, 5.74) is 2.68. The monoisotopic (exact) mass is 297 g/mol. The number of aryl methyl sites for hydroxylation is 1. The smallest absolute Gasteiger partial charge is 0.178 e. The van der Waals surface area contributed by atoms with Crippen molar-refractivity contribution in [3.8, 4) is 39.7 Å². The lowest BCUT2D eigenvalue weighted by Crippen LogP contribution is -1.87. The molecule has 1 aromatic heterocycles. The van der Waals surface area contributed by atoms with Crippen LogP contribution in [0, 0.1) is 0 Å². The maximum atomic E-state index is 10.1. The van der Waals surface area contributed by atoms with Gasteiger partial charge in [-0.05, 0) is 35.7 Å². The van der Waals surface area contributed by atoms with E-state index in [9.17, 15) is 15.3 Å². The van der Waals surface area contributed by atoms with Crippen molar-refractivity contribution in [3.05, 3.63) is 48.2 Å². The molecule has 0 spiro atoms. The fraction of sp³-hybridized carbons (Fsp3) is 0.118. The largest absolute Gasteiger partial charge is 0.508 e. The molecule has 0 fully saturated rings. The summed E-state index contributed by atoms with van der Waals surface area (Å²) in [6, 6.07) is 9.61. The third kappa shape index (κ3) is 2.37. The van der Waals surface area contributed by atoms with Crippen LogP contribution in [0.2, 0.25) is 0 Å². The van der Waals surface area contributed by atoms with Gasteiger partial charge in [-0.15, -0.1) is 0 Å². The molecule has 3 aromatic rings. The predicted octanol–water partition coefficient (Wildman–Crippen LogP) is 3.69. The fourth-order valence-corrected chi connectivity index (χ4v) is 2.37. The van der Waals surface area contributed by atoms with E-state index in [4.69, 9.17) is 4.52 Å². The molecule has 0 aliphatic rings. The molecule has 0 unspecified atom stereocenters. The van der Waals surface area contributed by atoms with Crippen molar-refractivity contribution in [1.29, 1.82) is 0 Å². The molecular weight excluding hydrogens is 282 g/mol. The lowest BCUT2D eigenvalue weighted by Gasteiger charge is -2.08. The lowest BCUT2D eigenvalue weighted by atomic mass is 9.99. The maximum Gasteiger partial charge on any atom is 0.178 e. The Balaban J connectivity index is 2.15. The minimum atomic E-state index is -0.0773. The number of rotatable bonds is 3. The number of aromatic nitrogens is 1. The van der Waals surface area contributed by atoms with Gasteiger partial charge in [-0.25, -0.2) is 0 Å². The summed E-state index contributed by atoms with van der Waals surface area (Å²) < 4.78 is 5.30. The standard InChI is InChI=1S/C17H15NO4/c1-2-10-7-13(16(21)8-15(10)20)17-14(9-18-22-17)11-3-5-12(19)6-4-11/h3-9,19-21H,2H2,1H3. The van der Waals surface area contributed by atoms with Crippen LogP contribution in [0.4, 0.5) is 0 Å². The molecule has 0 aliphatic carbocycles. The summed E-state index contributed by atoms with van der Waals surface area (Å²) in [6.07, 6.45) is 2.18. The third-order valence-corrected chi connectivity index (χ3v) is 3.57. The highest BCUT2D eigenvalue weighted by Crippen LogP contribution is 2.40. The van der Waals surface area contributed by atoms with E-state index in [0.29, 0.717) is 28.9 Å². The van der Waals surface area contributed by atoms with Crippen molar-refractivity contribution in [1.82, 2.24) is 5.16 Å². The molecule has 22 heavy (non-hydrogen) atoms. The summed E-state index contributed by atoms with van der Waals surface area (Å²) >= 11 is 0. The Labute approximate surface area is 127 Å². The molecule has 0 bridgehead atoms. The van der Waals surface area contributed by atoms with Crippen LogP contribution in [0.15, 0.2) is 47.1 Å². The van der Waals surface area contributed by atoms with Crippen molar-refractivity contribution in [3.63, 3.8) is 0 Å². The number of phenolic OH excluding ortho intramolecular Hbond substituents is 3. The van der Waals surface area contributed by atoms with Crippen LogP contribution in [0.5, 0.6) is 17.2 Å². The van der Waals surface area contributed by atoms with E-state index in [1.54, 1.807) is 36.5 Å². The third-order valence-electron chi connectivity index (χ3n) is 3.57. The first-order valence-electron chi connectivity index (χ1n) is 6.89. The van der Waals surface area contributed by atoms with Gasteiger partial charge >= 0.3 is 0 Å².